The molecule has 1 saturated heterocycles. The first-order valence-corrected chi connectivity index (χ1v) is 11.5. The molecule has 0 aliphatic carbocycles. The Balaban J connectivity index is 1.70. The van der Waals surface area contributed by atoms with E-state index < -0.39 is 27.7 Å². The van der Waals surface area contributed by atoms with Crippen LogP contribution in [0, 0.1) is 11.6 Å². The number of benzene rings is 1. The molecule has 3 heterocycles. The van der Waals surface area contributed by atoms with Crippen LogP contribution in [0.2, 0.25) is 0 Å². The monoisotopic (exact) mass is 438 g/mol. The summed E-state index contributed by atoms with van der Waals surface area (Å²) in [5.74, 6) is -2.03. The molecule has 1 aromatic heterocycles. The molecule has 0 saturated carbocycles. The molecule has 0 unspecified atom stereocenters. The molecule has 1 N–H and O–H groups in total. The first-order chi connectivity index (χ1) is 14.2. The Kier molecular flexibility index (Phi) is 5.50. The summed E-state index contributed by atoms with van der Waals surface area (Å²) < 4.78 is 54.3. The molecule has 162 valence electrons. The van der Waals surface area contributed by atoms with Crippen molar-refractivity contribution in [3.8, 4) is 0 Å². The van der Waals surface area contributed by atoms with E-state index in [1.165, 1.54) is 4.31 Å². The average molecular weight is 439 g/mol. The number of sulfonamides is 1. The summed E-state index contributed by atoms with van der Waals surface area (Å²) >= 11 is 0. The summed E-state index contributed by atoms with van der Waals surface area (Å²) in [7, 11) is -4.08. The third-order valence-corrected chi connectivity index (χ3v) is 7.77. The van der Waals surface area contributed by atoms with Gasteiger partial charge in [-0.15, -0.1) is 0 Å². The number of halogens is 2. The van der Waals surface area contributed by atoms with Crippen LogP contribution in [0.15, 0.2) is 27.9 Å². The third-order valence-electron chi connectivity index (χ3n) is 5.87. The molecule has 4 rings (SSSR count). The first-order valence-electron chi connectivity index (χ1n) is 10.0. The average Bonchev–Trinajstić information content (AvgIpc) is 3.20. The largest absolute Gasteiger partial charge is 0.309 e. The van der Waals surface area contributed by atoms with Gasteiger partial charge in [-0.25, -0.2) is 22.2 Å². The minimum atomic E-state index is -4.08. The molecule has 10 heteroatoms. The number of rotatable bonds is 4. The summed E-state index contributed by atoms with van der Waals surface area (Å²) in [6.45, 7) is 5.67. The Bertz CT molecular complexity index is 1130. The zero-order chi connectivity index (χ0) is 21.6. The van der Waals surface area contributed by atoms with Crippen LogP contribution in [-0.4, -0.2) is 46.7 Å². The van der Waals surface area contributed by atoms with E-state index in [0.29, 0.717) is 55.0 Å². The van der Waals surface area contributed by atoms with E-state index in [4.69, 9.17) is 0 Å². The Morgan fingerprint density at radius 2 is 1.97 bits per heavy atom. The fraction of sp³-hybridized carbons (Fsp3) is 0.500. The maximum atomic E-state index is 13.6. The van der Waals surface area contributed by atoms with Crippen molar-refractivity contribution in [2.45, 2.75) is 56.6 Å². The van der Waals surface area contributed by atoms with Crippen LogP contribution in [0.1, 0.15) is 49.8 Å². The highest BCUT2D eigenvalue weighted by Crippen LogP contribution is 2.35. The number of hydrogen-bond donors (Lipinski definition) is 1. The maximum Gasteiger partial charge on any atom is 0.254 e. The SMILES string of the molecule is CC(C)N1CCc2c(nc([C@@H]3CCCN3S(=O)(=O)c3ccc(F)c(F)c3)[nH]c2=O)C1. The van der Waals surface area contributed by atoms with Crippen LogP contribution in [0.5, 0.6) is 0 Å². The summed E-state index contributed by atoms with van der Waals surface area (Å²) in [4.78, 5) is 22.0. The second kappa shape index (κ2) is 7.82. The fourth-order valence-electron chi connectivity index (χ4n) is 4.15. The number of nitrogens with zero attached hydrogens (tertiary/aromatic N) is 3. The van der Waals surface area contributed by atoms with E-state index in [1.54, 1.807) is 0 Å². The second-order valence-electron chi connectivity index (χ2n) is 8.04. The molecule has 0 radical (unpaired) electrons. The standard InChI is InChI=1S/C20H24F2N4O3S/c1-12(2)25-9-7-14-17(11-25)23-19(24-20(14)27)18-4-3-8-26(18)30(28,29)13-5-6-15(21)16(22)10-13/h5-6,10,12,18H,3-4,7-9,11H2,1-2H3,(H,23,24,27)/t18-/m0/s1. The van der Waals surface area contributed by atoms with Crippen LogP contribution < -0.4 is 5.56 Å². The van der Waals surface area contributed by atoms with E-state index in [9.17, 15) is 22.0 Å². The van der Waals surface area contributed by atoms with Crippen molar-refractivity contribution in [2.75, 3.05) is 13.1 Å². The van der Waals surface area contributed by atoms with Gasteiger partial charge in [-0.2, -0.15) is 4.31 Å². The number of H-pyrrole nitrogens is 1. The first kappa shape index (κ1) is 21.1. The molecule has 1 fully saturated rings. The Labute approximate surface area is 173 Å². The van der Waals surface area contributed by atoms with Gasteiger partial charge < -0.3 is 4.98 Å². The quantitative estimate of drug-likeness (QED) is 0.792. The van der Waals surface area contributed by atoms with Gasteiger partial charge in [0.05, 0.1) is 16.6 Å². The van der Waals surface area contributed by atoms with E-state index in [-0.39, 0.29) is 17.0 Å². The lowest BCUT2D eigenvalue weighted by molar-refractivity contribution is 0.198. The van der Waals surface area contributed by atoms with Crippen LogP contribution in [0.3, 0.4) is 0 Å². The topological polar surface area (TPSA) is 86.4 Å². The van der Waals surface area contributed by atoms with E-state index in [1.807, 2.05) is 0 Å². The van der Waals surface area contributed by atoms with E-state index in [0.717, 1.165) is 18.7 Å². The Morgan fingerprint density at radius 3 is 2.67 bits per heavy atom. The normalized spacial score (nSPS) is 20.6. The molecule has 1 atom stereocenters. The molecular weight excluding hydrogens is 414 g/mol. The highest BCUT2D eigenvalue weighted by molar-refractivity contribution is 7.89. The molecule has 0 spiro atoms. The van der Waals surface area contributed by atoms with Crippen molar-refractivity contribution in [3.63, 3.8) is 0 Å². The molecular formula is C20H24F2N4O3S. The predicted octanol–water partition coefficient (Wildman–Crippen LogP) is 2.34. The Hall–Kier alpha value is -2.17. The van der Waals surface area contributed by atoms with Crippen molar-refractivity contribution in [1.29, 1.82) is 0 Å². The van der Waals surface area contributed by atoms with Crippen LogP contribution in [-0.2, 0) is 23.0 Å². The van der Waals surface area contributed by atoms with Gasteiger partial charge in [-0.3, -0.25) is 9.69 Å². The van der Waals surface area contributed by atoms with Crippen LogP contribution in [0.4, 0.5) is 8.78 Å². The van der Waals surface area contributed by atoms with E-state index in [2.05, 4.69) is 28.7 Å². The number of hydrogen-bond acceptors (Lipinski definition) is 5. The van der Waals surface area contributed by atoms with Gasteiger partial charge in [0.15, 0.2) is 11.6 Å². The lowest BCUT2D eigenvalue weighted by Gasteiger charge is -2.31. The minimum absolute atomic E-state index is 0.213. The van der Waals surface area contributed by atoms with Crippen molar-refractivity contribution in [3.05, 3.63) is 57.3 Å². The maximum absolute atomic E-state index is 13.6. The van der Waals surface area contributed by atoms with Crippen molar-refractivity contribution in [1.82, 2.24) is 19.2 Å². The summed E-state index contributed by atoms with van der Waals surface area (Å²) in [6.07, 6.45) is 1.66. The van der Waals surface area contributed by atoms with Crippen molar-refractivity contribution < 1.29 is 17.2 Å². The molecule has 0 bridgehead atoms. The van der Waals surface area contributed by atoms with Gasteiger partial charge in [0, 0.05) is 31.2 Å². The molecule has 2 aromatic rings. The third kappa shape index (κ3) is 3.67. The van der Waals surface area contributed by atoms with E-state index >= 15 is 0 Å². The smallest absolute Gasteiger partial charge is 0.254 e. The summed E-state index contributed by atoms with van der Waals surface area (Å²) in [6, 6.07) is 2.18. The van der Waals surface area contributed by atoms with Gasteiger partial charge >= 0.3 is 0 Å². The Morgan fingerprint density at radius 1 is 1.20 bits per heavy atom. The molecule has 0 amide bonds. The molecule has 30 heavy (non-hydrogen) atoms. The van der Waals surface area contributed by atoms with Crippen LogP contribution in [0.25, 0.3) is 0 Å². The molecule has 2 aliphatic heterocycles. The lowest BCUT2D eigenvalue weighted by Crippen LogP contribution is -2.40. The van der Waals surface area contributed by atoms with Gasteiger partial charge in [0.25, 0.3) is 5.56 Å². The highest BCUT2D eigenvalue weighted by atomic mass is 32.2. The highest BCUT2D eigenvalue weighted by Gasteiger charge is 2.38. The molecule has 7 nitrogen and oxygen atoms in total. The number of aromatic nitrogens is 2. The lowest BCUT2D eigenvalue weighted by atomic mass is 10.0. The second-order valence-corrected chi connectivity index (χ2v) is 9.93. The van der Waals surface area contributed by atoms with Gasteiger partial charge in [-0.1, -0.05) is 0 Å². The van der Waals surface area contributed by atoms with Gasteiger partial charge in [0.1, 0.15) is 5.82 Å². The molecule has 1 aromatic carbocycles. The molecule has 2 aliphatic rings. The van der Waals surface area contributed by atoms with Gasteiger partial charge in [-0.05, 0) is 51.3 Å². The minimum Gasteiger partial charge on any atom is -0.309 e. The fourth-order valence-corrected chi connectivity index (χ4v) is 5.82. The van der Waals surface area contributed by atoms with Crippen molar-refractivity contribution in [2.24, 2.45) is 0 Å². The summed E-state index contributed by atoms with van der Waals surface area (Å²) in [5, 5.41) is 0. The number of nitrogens with one attached hydrogen (secondary N) is 1. The van der Waals surface area contributed by atoms with Crippen LogP contribution >= 0.6 is 0 Å². The number of aromatic amines is 1. The predicted molar refractivity (Wildman–Crippen MR) is 106 cm³/mol. The van der Waals surface area contributed by atoms with Gasteiger partial charge in [0.2, 0.25) is 10.0 Å². The summed E-state index contributed by atoms with van der Waals surface area (Å²) in [5.41, 5.74) is 1.07. The zero-order valence-electron chi connectivity index (χ0n) is 16.9. The zero-order valence-corrected chi connectivity index (χ0v) is 17.7. The van der Waals surface area contributed by atoms with Crippen molar-refractivity contribution >= 4 is 10.0 Å². The number of fused-ring (bicyclic) bond motifs is 1.